The average Bonchev–Trinajstić information content (AvgIpc) is 2.57. The first kappa shape index (κ1) is 20.3. The van der Waals surface area contributed by atoms with Crippen LogP contribution >= 0.6 is 0 Å². The summed E-state index contributed by atoms with van der Waals surface area (Å²) >= 11 is 0. The minimum Gasteiger partial charge on any atom is -0.330 e. The largest absolute Gasteiger partial charge is 0.365 e. The predicted octanol–water partition coefficient (Wildman–Crippen LogP) is 1.38. The summed E-state index contributed by atoms with van der Waals surface area (Å²) in [5, 5.41) is 11.2. The summed E-state index contributed by atoms with van der Waals surface area (Å²) in [6.07, 6.45) is 6.08. The Hall–Kier alpha value is -1.73. The minimum absolute atomic E-state index is 0.779. The first-order valence-corrected chi connectivity index (χ1v) is 7.44. The molecule has 1 aromatic rings. The van der Waals surface area contributed by atoms with Crippen LogP contribution in [0.3, 0.4) is 0 Å². The Morgan fingerprint density at radius 1 is 1.09 bits per heavy atom. The van der Waals surface area contributed by atoms with Crippen LogP contribution < -0.4 is 16.8 Å². The zero-order valence-electron chi connectivity index (χ0n) is 12.9. The van der Waals surface area contributed by atoms with Gasteiger partial charge in [-0.05, 0) is 57.1 Å². The molecule has 0 bridgehead atoms. The summed E-state index contributed by atoms with van der Waals surface area (Å²) < 4.78 is 0. The molecule has 6 N–H and O–H groups in total. The first-order valence-electron chi connectivity index (χ1n) is 7.44. The number of unbranched alkanes of at least 4 members (excludes halogenated alkanes) is 1. The lowest BCUT2D eigenvalue weighted by molar-refractivity contribution is -0.227. The fraction of sp³-hybridized carbons (Fsp3) is 0.438. The van der Waals surface area contributed by atoms with Crippen LogP contribution in [0.1, 0.15) is 24.8 Å². The van der Waals surface area contributed by atoms with Crippen molar-refractivity contribution in [2.45, 2.75) is 19.3 Å². The summed E-state index contributed by atoms with van der Waals surface area (Å²) in [6, 6.07) is 9.25. The van der Waals surface area contributed by atoms with Crippen LogP contribution in [-0.4, -0.2) is 37.4 Å². The van der Waals surface area contributed by atoms with E-state index in [1.807, 2.05) is 30.3 Å². The second-order valence-electron chi connectivity index (χ2n) is 4.54. The third kappa shape index (κ3) is 13.3. The Bertz CT molecular complexity index is 389. The fourth-order valence-electron chi connectivity index (χ4n) is 1.51. The molecule has 1 rings (SSSR count). The highest BCUT2D eigenvalue weighted by atomic mass is 17.1. The summed E-state index contributed by atoms with van der Waals surface area (Å²) in [6.45, 7) is 3.71. The number of nitrogens with two attached hydrogens (primary N) is 2. The molecule has 1 aromatic carbocycles. The maximum absolute atomic E-state index is 10.4. The van der Waals surface area contributed by atoms with E-state index in [4.69, 9.17) is 16.7 Å². The van der Waals surface area contributed by atoms with E-state index < -0.39 is 5.97 Å². The van der Waals surface area contributed by atoms with Crippen LogP contribution in [0, 0.1) is 0 Å². The van der Waals surface area contributed by atoms with Crippen LogP contribution in [0.25, 0.3) is 6.08 Å². The van der Waals surface area contributed by atoms with Gasteiger partial charge in [0.05, 0.1) is 0 Å². The van der Waals surface area contributed by atoms with Gasteiger partial charge in [0.1, 0.15) is 0 Å². The quantitative estimate of drug-likeness (QED) is 0.237. The molecule has 0 saturated carbocycles. The molecule has 0 fully saturated rings. The van der Waals surface area contributed by atoms with E-state index >= 15 is 0 Å². The van der Waals surface area contributed by atoms with E-state index in [9.17, 15) is 4.79 Å². The smallest absolute Gasteiger partial charge is 0.330 e. The third-order valence-corrected chi connectivity index (χ3v) is 2.67. The molecule has 0 atom stereocenters. The molecule has 0 spiro atoms. The Morgan fingerprint density at radius 2 is 1.73 bits per heavy atom. The minimum atomic E-state index is -0.779. The molecule has 124 valence electrons. The number of benzene rings is 1. The molecule has 0 aliphatic carbocycles. The average molecular weight is 309 g/mol. The predicted molar refractivity (Wildman–Crippen MR) is 89.0 cm³/mol. The molecule has 6 heteroatoms. The number of hydrogen-bond donors (Lipinski definition) is 4. The second-order valence-corrected chi connectivity index (χ2v) is 4.54. The highest BCUT2D eigenvalue weighted by Crippen LogP contribution is 2.00. The van der Waals surface area contributed by atoms with Crippen molar-refractivity contribution < 1.29 is 14.9 Å². The number of nitrogens with one attached hydrogen (secondary N) is 1. The van der Waals surface area contributed by atoms with Crippen molar-refractivity contribution in [1.82, 2.24) is 5.32 Å². The van der Waals surface area contributed by atoms with Gasteiger partial charge in [-0.2, -0.15) is 5.26 Å². The van der Waals surface area contributed by atoms with E-state index in [-0.39, 0.29) is 0 Å². The van der Waals surface area contributed by atoms with E-state index in [0.717, 1.165) is 50.7 Å². The van der Waals surface area contributed by atoms with Crippen molar-refractivity contribution in [3.8, 4) is 0 Å². The van der Waals surface area contributed by atoms with Gasteiger partial charge in [0.2, 0.25) is 0 Å². The highest BCUT2D eigenvalue weighted by molar-refractivity contribution is 5.86. The van der Waals surface area contributed by atoms with Gasteiger partial charge < -0.3 is 16.8 Å². The van der Waals surface area contributed by atoms with Gasteiger partial charge in [-0.25, -0.2) is 4.79 Å². The Kier molecular flexibility index (Phi) is 14.4. The van der Waals surface area contributed by atoms with Gasteiger partial charge in [0.15, 0.2) is 0 Å². The van der Waals surface area contributed by atoms with Crippen molar-refractivity contribution in [2.24, 2.45) is 11.5 Å². The Labute approximate surface area is 132 Å². The summed E-state index contributed by atoms with van der Waals surface area (Å²) in [5.41, 5.74) is 11.5. The highest BCUT2D eigenvalue weighted by Gasteiger charge is 1.92. The molecule has 0 unspecified atom stereocenters. The molecule has 0 radical (unpaired) electrons. The second kappa shape index (κ2) is 15.7. The number of carbonyl (C=O) groups is 1. The van der Waals surface area contributed by atoms with Crippen LogP contribution in [0.5, 0.6) is 0 Å². The van der Waals surface area contributed by atoms with Crippen molar-refractivity contribution in [3.05, 3.63) is 42.0 Å². The van der Waals surface area contributed by atoms with E-state index in [1.165, 1.54) is 6.42 Å². The van der Waals surface area contributed by atoms with Crippen LogP contribution in [-0.2, 0) is 9.68 Å². The van der Waals surface area contributed by atoms with E-state index in [0.29, 0.717) is 0 Å². The summed E-state index contributed by atoms with van der Waals surface area (Å²) in [5.74, 6) is -0.779. The van der Waals surface area contributed by atoms with Crippen LogP contribution in [0.15, 0.2) is 36.4 Å². The molecule has 0 heterocycles. The third-order valence-electron chi connectivity index (χ3n) is 2.67. The molecule has 0 aromatic heterocycles. The van der Waals surface area contributed by atoms with Gasteiger partial charge in [0.25, 0.3) is 0 Å². The Balaban J connectivity index is 0.000000409. The SMILES string of the molecule is NCCCCNCCCN.O=C(C=Cc1ccccc1)OO. The van der Waals surface area contributed by atoms with Gasteiger partial charge in [0, 0.05) is 6.08 Å². The van der Waals surface area contributed by atoms with Gasteiger partial charge in [-0.1, -0.05) is 30.3 Å². The zero-order chi connectivity index (χ0) is 16.5. The number of hydrogen-bond acceptors (Lipinski definition) is 6. The molecule has 6 nitrogen and oxygen atoms in total. The van der Waals surface area contributed by atoms with Gasteiger partial charge in [-0.15, -0.1) is 0 Å². The maximum Gasteiger partial charge on any atom is 0.365 e. The summed E-state index contributed by atoms with van der Waals surface area (Å²) in [4.78, 5) is 13.9. The maximum atomic E-state index is 10.4. The molecule has 0 saturated heterocycles. The molecular weight excluding hydrogens is 282 g/mol. The topological polar surface area (TPSA) is 111 Å². The number of carbonyl (C=O) groups excluding carboxylic acids is 1. The van der Waals surface area contributed by atoms with Crippen molar-refractivity contribution in [1.29, 1.82) is 0 Å². The lowest BCUT2D eigenvalue weighted by Gasteiger charge is -2.01. The molecule has 22 heavy (non-hydrogen) atoms. The monoisotopic (exact) mass is 309 g/mol. The summed E-state index contributed by atoms with van der Waals surface area (Å²) in [7, 11) is 0. The first-order chi connectivity index (χ1) is 10.7. The van der Waals surface area contributed by atoms with E-state index in [2.05, 4.69) is 10.2 Å². The van der Waals surface area contributed by atoms with Crippen molar-refractivity contribution in [2.75, 3.05) is 26.2 Å². The molecule has 0 aliphatic rings. The Morgan fingerprint density at radius 3 is 2.32 bits per heavy atom. The standard InChI is InChI=1S/C9H8O3.C7H19N3/c10-9(12-11)7-6-8-4-2-1-3-5-8;8-4-1-2-6-10-7-3-5-9/h1-7,11H;10H,1-9H2. The van der Waals surface area contributed by atoms with Gasteiger partial charge in [-0.3, -0.25) is 4.89 Å². The fourth-order valence-corrected chi connectivity index (χ4v) is 1.51. The normalized spacial score (nSPS) is 10.1. The van der Waals surface area contributed by atoms with Gasteiger partial charge >= 0.3 is 5.97 Å². The number of rotatable bonds is 9. The lowest BCUT2D eigenvalue weighted by atomic mass is 10.2. The van der Waals surface area contributed by atoms with Crippen molar-refractivity contribution in [3.63, 3.8) is 0 Å². The molecular formula is C16H27N3O3. The van der Waals surface area contributed by atoms with Crippen LogP contribution in [0.4, 0.5) is 0 Å². The zero-order valence-corrected chi connectivity index (χ0v) is 12.9. The molecule has 0 aliphatic heterocycles. The van der Waals surface area contributed by atoms with Crippen LogP contribution in [0.2, 0.25) is 0 Å². The van der Waals surface area contributed by atoms with E-state index in [1.54, 1.807) is 6.08 Å². The lowest BCUT2D eigenvalue weighted by Crippen LogP contribution is -2.19. The van der Waals surface area contributed by atoms with Crippen molar-refractivity contribution >= 4 is 12.0 Å². The molecule has 0 amide bonds.